The Balaban J connectivity index is 2.27. The van der Waals surface area contributed by atoms with E-state index in [0.717, 1.165) is 20.1 Å². The van der Waals surface area contributed by atoms with E-state index in [2.05, 4.69) is 11.9 Å². The van der Waals surface area contributed by atoms with Gasteiger partial charge < -0.3 is 9.67 Å². The van der Waals surface area contributed by atoms with Gasteiger partial charge in [-0.2, -0.15) is 0 Å². The van der Waals surface area contributed by atoms with Crippen LogP contribution in [-0.4, -0.2) is 26.4 Å². The molecule has 0 spiro atoms. The highest BCUT2D eigenvalue weighted by Crippen LogP contribution is 2.32. The summed E-state index contributed by atoms with van der Waals surface area (Å²) in [5, 5.41) is 9.48. The smallest absolute Gasteiger partial charge is 0.313 e. The third-order valence-corrected chi connectivity index (χ3v) is 5.02. The molecular weight excluding hydrogens is 304 g/mol. The molecule has 2 aromatic heterocycles. The summed E-state index contributed by atoms with van der Waals surface area (Å²) < 4.78 is 2.79. The van der Waals surface area contributed by atoms with Crippen molar-refractivity contribution in [1.82, 2.24) is 9.55 Å². The van der Waals surface area contributed by atoms with Crippen molar-refractivity contribution in [3.63, 3.8) is 0 Å². The third-order valence-electron chi connectivity index (χ3n) is 2.67. The van der Waals surface area contributed by atoms with Crippen LogP contribution >= 0.6 is 34.7 Å². The normalized spacial score (nSPS) is 12.6. The van der Waals surface area contributed by atoms with Crippen LogP contribution in [0.2, 0.25) is 4.34 Å². The molecule has 1 unspecified atom stereocenters. The van der Waals surface area contributed by atoms with Gasteiger partial charge in [-0.05, 0) is 26.0 Å². The van der Waals surface area contributed by atoms with Crippen molar-refractivity contribution in [2.45, 2.75) is 25.0 Å². The number of hydrogen-bond donors (Lipinski definition) is 1. The van der Waals surface area contributed by atoms with Crippen LogP contribution in [0.4, 0.5) is 0 Å². The van der Waals surface area contributed by atoms with Gasteiger partial charge in [0.2, 0.25) is 0 Å². The number of carboxylic acid groups (broad SMARTS) is 1. The van der Waals surface area contributed by atoms with Gasteiger partial charge in [0, 0.05) is 16.8 Å². The van der Waals surface area contributed by atoms with Gasteiger partial charge in [0.25, 0.3) is 0 Å². The Kier molecular flexibility index (Phi) is 4.54. The molecule has 0 amide bonds. The molecule has 2 aromatic rings. The van der Waals surface area contributed by atoms with Crippen molar-refractivity contribution in [1.29, 1.82) is 0 Å². The molecule has 2 heterocycles. The standard InChI is InChI=1S/C12H13ClN2O2S2/c1-7-5-14-12(18-6-11(16)17)15(7)8(2)9-3-4-10(13)19-9/h3-5,8H,6H2,1-2H3,(H,16,17). The zero-order valence-electron chi connectivity index (χ0n) is 10.5. The summed E-state index contributed by atoms with van der Waals surface area (Å²) in [5.74, 6) is -0.835. The molecule has 0 bridgehead atoms. The zero-order chi connectivity index (χ0) is 14.0. The van der Waals surface area contributed by atoms with Gasteiger partial charge in [-0.3, -0.25) is 4.79 Å². The number of carbonyl (C=O) groups is 1. The second-order valence-corrected chi connectivity index (χ2v) is 6.74. The molecule has 4 nitrogen and oxygen atoms in total. The first kappa shape index (κ1) is 14.4. The minimum absolute atomic E-state index is 0.00830. The Morgan fingerprint density at radius 2 is 2.37 bits per heavy atom. The Morgan fingerprint density at radius 1 is 1.63 bits per heavy atom. The van der Waals surface area contributed by atoms with E-state index >= 15 is 0 Å². The number of thioether (sulfide) groups is 1. The quantitative estimate of drug-likeness (QED) is 0.855. The Labute approximate surface area is 124 Å². The third kappa shape index (κ3) is 3.32. The van der Waals surface area contributed by atoms with Crippen LogP contribution in [0, 0.1) is 6.92 Å². The van der Waals surface area contributed by atoms with Crippen LogP contribution in [-0.2, 0) is 4.79 Å². The summed E-state index contributed by atoms with van der Waals surface area (Å²) in [6, 6.07) is 3.95. The van der Waals surface area contributed by atoms with Gasteiger partial charge in [-0.25, -0.2) is 4.98 Å². The fourth-order valence-electron chi connectivity index (χ4n) is 1.81. The number of hydrogen-bond acceptors (Lipinski definition) is 4. The molecule has 0 saturated heterocycles. The van der Waals surface area contributed by atoms with E-state index in [4.69, 9.17) is 16.7 Å². The average Bonchev–Trinajstić information content (AvgIpc) is 2.92. The van der Waals surface area contributed by atoms with Crippen LogP contribution in [0.15, 0.2) is 23.5 Å². The number of halogens is 1. The van der Waals surface area contributed by atoms with Gasteiger partial charge in [0.05, 0.1) is 16.1 Å². The SMILES string of the molecule is Cc1cnc(SCC(=O)O)n1C(C)c1ccc(Cl)s1. The molecule has 1 atom stereocenters. The Morgan fingerprint density at radius 3 is 2.95 bits per heavy atom. The zero-order valence-corrected chi connectivity index (χ0v) is 12.8. The van der Waals surface area contributed by atoms with E-state index in [9.17, 15) is 4.79 Å². The van der Waals surface area contributed by atoms with Crippen LogP contribution < -0.4 is 0 Å². The molecule has 7 heteroatoms. The van der Waals surface area contributed by atoms with E-state index in [-0.39, 0.29) is 11.8 Å². The van der Waals surface area contributed by atoms with E-state index < -0.39 is 5.97 Å². The van der Waals surface area contributed by atoms with Gasteiger partial charge in [0.15, 0.2) is 5.16 Å². The molecule has 0 aliphatic rings. The second kappa shape index (κ2) is 5.98. The Hall–Kier alpha value is -0.980. The van der Waals surface area contributed by atoms with Crippen LogP contribution in [0.3, 0.4) is 0 Å². The lowest BCUT2D eigenvalue weighted by Gasteiger charge is -2.16. The number of imidazole rings is 1. The summed E-state index contributed by atoms with van der Waals surface area (Å²) in [5.41, 5.74) is 1.00. The molecule has 0 saturated carbocycles. The summed E-state index contributed by atoms with van der Waals surface area (Å²) in [4.78, 5) is 16.1. The lowest BCUT2D eigenvalue weighted by molar-refractivity contribution is -0.133. The molecule has 102 valence electrons. The van der Waals surface area contributed by atoms with Crippen molar-refractivity contribution in [3.05, 3.63) is 33.2 Å². The molecule has 2 rings (SSSR count). The fraction of sp³-hybridized carbons (Fsp3) is 0.333. The summed E-state index contributed by atoms with van der Waals surface area (Å²) in [7, 11) is 0. The molecule has 0 aliphatic heterocycles. The lowest BCUT2D eigenvalue weighted by Crippen LogP contribution is -2.09. The van der Waals surface area contributed by atoms with Crippen LogP contribution in [0.5, 0.6) is 0 Å². The van der Waals surface area contributed by atoms with Gasteiger partial charge in [-0.1, -0.05) is 23.4 Å². The van der Waals surface area contributed by atoms with Crippen molar-refractivity contribution in [3.8, 4) is 0 Å². The van der Waals surface area contributed by atoms with Gasteiger partial charge >= 0.3 is 5.97 Å². The molecular formula is C12H13ClN2O2S2. The molecule has 0 aliphatic carbocycles. The van der Waals surface area contributed by atoms with E-state index in [1.807, 2.05) is 23.6 Å². The number of nitrogens with zero attached hydrogens (tertiary/aromatic N) is 2. The number of rotatable bonds is 5. The summed E-state index contributed by atoms with van der Waals surface area (Å²) in [6.45, 7) is 4.02. The second-order valence-electron chi connectivity index (χ2n) is 4.05. The van der Waals surface area contributed by atoms with Crippen molar-refractivity contribution in [2.75, 3.05) is 5.75 Å². The Bertz CT molecular complexity index is 594. The number of thiophene rings is 1. The summed E-state index contributed by atoms with van der Waals surface area (Å²) in [6.07, 6.45) is 1.76. The number of carboxylic acids is 1. The highest BCUT2D eigenvalue weighted by Gasteiger charge is 2.17. The molecule has 0 radical (unpaired) electrons. The predicted octanol–water partition coefficient (Wildman–Crippen LogP) is 3.69. The largest absolute Gasteiger partial charge is 0.481 e. The highest BCUT2D eigenvalue weighted by atomic mass is 35.5. The maximum absolute atomic E-state index is 10.7. The summed E-state index contributed by atoms with van der Waals surface area (Å²) >= 11 is 8.72. The van der Waals surface area contributed by atoms with Crippen molar-refractivity contribution in [2.24, 2.45) is 0 Å². The highest BCUT2D eigenvalue weighted by molar-refractivity contribution is 7.99. The molecule has 1 N–H and O–H groups in total. The number of aliphatic carboxylic acids is 1. The predicted molar refractivity (Wildman–Crippen MR) is 78.5 cm³/mol. The maximum atomic E-state index is 10.7. The maximum Gasteiger partial charge on any atom is 0.313 e. The molecule has 0 fully saturated rings. The minimum atomic E-state index is -0.843. The fourth-order valence-corrected chi connectivity index (χ4v) is 3.73. The molecule has 19 heavy (non-hydrogen) atoms. The number of aromatic nitrogens is 2. The van der Waals surface area contributed by atoms with E-state index in [1.165, 1.54) is 23.1 Å². The lowest BCUT2D eigenvalue weighted by atomic mass is 10.2. The molecule has 0 aromatic carbocycles. The minimum Gasteiger partial charge on any atom is -0.481 e. The van der Waals surface area contributed by atoms with Crippen molar-refractivity contribution >= 4 is 40.7 Å². The first-order valence-corrected chi connectivity index (χ1v) is 7.80. The van der Waals surface area contributed by atoms with Crippen LogP contribution in [0.1, 0.15) is 23.5 Å². The van der Waals surface area contributed by atoms with Gasteiger partial charge in [-0.15, -0.1) is 11.3 Å². The van der Waals surface area contributed by atoms with Crippen LogP contribution in [0.25, 0.3) is 0 Å². The topological polar surface area (TPSA) is 55.1 Å². The average molecular weight is 317 g/mol. The number of aryl methyl sites for hydroxylation is 1. The van der Waals surface area contributed by atoms with E-state index in [0.29, 0.717) is 0 Å². The first-order valence-electron chi connectivity index (χ1n) is 5.62. The monoisotopic (exact) mass is 316 g/mol. The van der Waals surface area contributed by atoms with Crippen molar-refractivity contribution < 1.29 is 9.90 Å². The van der Waals surface area contributed by atoms with E-state index in [1.54, 1.807) is 6.20 Å². The van der Waals surface area contributed by atoms with Gasteiger partial charge in [0.1, 0.15) is 0 Å². The first-order chi connectivity index (χ1) is 8.99.